The molecule has 0 spiro atoms. The second-order valence-electron chi connectivity index (χ2n) is 6.13. The maximum absolute atomic E-state index is 13.0. The predicted octanol–water partition coefficient (Wildman–Crippen LogP) is 2.15. The molecule has 0 radical (unpaired) electrons. The van der Waals surface area contributed by atoms with Crippen molar-refractivity contribution in [3.8, 4) is 22.3 Å². The van der Waals surface area contributed by atoms with Crippen LogP contribution < -0.4 is 5.56 Å². The molecule has 0 unspecified atom stereocenters. The minimum Gasteiger partial charge on any atom is -0.468 e. The highest BCUT2D eigenvalue weighted by molar-refractivity contribution is 7.90. The molecule has 0 saturated heterocycles. The standard InChI is InChI=1S/C20H18N2O5S/c1-27-18(23)13-22-20(24)19(15-6-4-3-5-7-15)17(12-21-22)14-8-10-16(11-9-14)28(2,25)26/h3-12H,13H2,1-2H3. The van der Waals surface area contributed by atoms with Crippen molar-refractivity contribution in [3.63, 3.8) is 0 Å². The van der Waals surface area contributed by atoms with E-state index in [1.54, 1.807) is 36.4 Å². The maximum atomic E-state index is 13.0. The summed E-state index contributed by atoms with van der Waals surface area (Å²) in [5, 5.41) is 4.08. The lowest BCUT2D eigenvalue weighted by atomic mass is 9.97. The molecule has 7 nitrogen and oxygen atoms in total. The van der Waals surface area contributed by atoms with Gasteiger partial charge in [-0.15, -0.1) is 0 Å². The van der Waals surface area contributed by atoms with E-state index in [0.717, 1.165) is 10.9 Å². The Bertz CT molecular complexity index is 1170. The van der Waals surface area contributed by atoms with E-state index in [9.17, 15) is 18.0 Å². The number of aromatic nitrogens is 2. The number of methoxy groups -OCH3 is 1. The van der Waals surface area contributed by atoms with Crippen molar-refractivity contribution in [2.24, 2.45) is 0 Å². The van der Waals surface area contributed by atoms with E-state index in [0.29, 0.717) is 22.3 Å². The fraction of sp³-hybridized carbons (Fsp3) is 0.150. The Morgan fingerprint density at radius 3 is 2.25 bits per heavy atom. The fourth-order valence-electron chi connectivity index (χ4n) is 2.77. The Morgan fingerprint density at radius 1 is 1.04 bits per heavy atom. The Morgan fingerprint density at radius 2 is 1.68 bits per heavy atom. The second-order valence-corrected chi connectivity index (χ2v) is 8.15. The first-order chi connectivity index (χ1) is 13.3. The van der Waals surface area contributed by atoms with E-state index >= 15 is 0 Å². The normalized spacial score (nSPS) is 11.2. The molecule has 3 rings (SSSR count). The molecule has 0 aliphatic heterocycles. The van der Waals surface area contributed by atoms with Gasteiger partial charge in [0.2, 0.25) is 0 Å². The maximum Gasteiger partial charge on any atom is 0.327 e. The summed E-state index contributed by atoms with van der Waals surface area (Å²) in [7, 11) is -2.09. The minimum absolute atomic E-state index is 0.185. The Kier molecular flexibility index (Phi) is 5.41. The van der Waals surface area contributed by atoms with Crippen LogP contribution in [0.4, 0.5) is 0 Å². The van der Waals surface area contributed by atoms with Crippen molar-refractivity contribution in [1.82, 2.24) is 9.78 Å². The van der Waals surface area contributed by atoms with E-state index in [1.807, 2.05) is 6.07 Å². The number of nitrogens with zero attached hydrogens (tertiary/aromatic N) is 2. The second kappa shape index (κ2) is 7.77. The first-order valence-electron chi connectivity index (χ1n) is 8.34. The van der Waals surface area contributed by atoms with Gasteiger partial charge in [0.25, 0.3) is 5.56 Å². The molecular weight excluding hydrogens is 380 g/mol. The van der Waals surface area contributed by atoms with E-state index in [4.69, 9.17) is 0 Å². The lowest BCUT2D eigenvalue weighted by molar-refractivity contribution is -0.141. The van der Waals surface area contributed by atoms with Gasteiger partial charge >= 0.3 is 5.97 Å². The topological polar surface area (TPSA) is 95.3 Å². The monoisotopic (exact) mass is 398 g/mol. The summed E-state index contributed by atoms with van der Waals surface area (Å²) in [5.41, 5.74) is 1.77. The number of ether oxygens (including phenoxy) is 1. The van der Waals surface area contributed by atoms with Gasteiger partial charge in [0.15, 0.2) is 9.84 Å². The zero-order chi connectivity index (χ0) is 20.3. The molecule has 1 heterocycles. The van der Waals surface area contributed by atoms with Crippen molar-refractivity contribution in [1.29, 1.82) is 0 Å². The molecule has 2 aromatic carbocycles. The van der Waals surface area contributed by atoms with Gasteiger partial charge in [-0.1, -0.05) is 42.5 Å². The van der Waals surface area contributed by atoms with E-state index in [-0.39, 0.29) is 11.4 Å². The molecule has 0 aliphatic carbocycles. The summed E-state index contributed by atoms with van der Waals surface area (Å²) in [6, 6.07) is 15.2. The molecule has 28 heavy (non-hydrogen) atoms. The molecule has 8 heteroatoms. The fourth-order valence-corrected chi connectivity index (χ4v) is 3.40. The number of esters is 1. The van der Waals surface area contributed by atoms with Gasteiger partial charge in [-0.05, 0) is 23.3 Å². The third kappa shape index (κ3) is 4.01. The summed E-state index contributed by atoms with van der Waals surface area (Å²) in [5.74, 6) is -0.584. The number of sulfone groups is 1. The lowest BCUT2D eigenvalue weighted by Crippen LogP contribution is -2.28. The predicted molar refractivity (Wildman–Crippen MR) is 104 cm³/mol. The summed E-state index contributed by atoms with van der Waals surface area (Å²) >= 11 is 0. The zero-order valence-electron chi connectivity index (χ0n) is 15.3. The van der Waals surface area contributed by atoms with E-state index < -0.39 is 21.4 Å². The SMILES string of the molecule is COC(=O)Cn1ncc(-c2ccc(S(C)(=O)=O)cc2)c(-c2ccccc2)c1=O. The number of rotatable bonds is 5. The van der Waals surface area contributed by atoms with Crippen LogP contribution in [0.1, 0.15) is 0 Å². The first-order valence-corrected chi connectivity index (χ1v) is 10.2. The average molecular weight is 398 g/mol. The number of carbonyl (C=O) groups is 1. The smallest absolute Gasteiger partial charge is 0.327 e. The Balaban J connectivity index is 2.20. The summed E-state index contributed by atoms with van der Waals surface area (Å²) in [6.07, 6.45) is 2.62. The third-order valence-corrected chi connectivity index (χ3v) is 5.33. The molecule has 1 aromatic heterocycles. The van der Waals surface area contributed by atoms with Crippen LogP contribution in [0, 0.1) is 0 Å². The van der Waals surface area contributed by atoms with Gasteiger partial charge < -0.3 is 4.74 Å². The lowest BCUT2D eigenvalue weighted by Gasteiger charge is -2.12. The van der Waals surface area contributed by atoms with Crippen LogP contribution in [0.3, 0.4) is 0 Å². The van der Waals surface area contributed by atoms with Crippen LogP contribution in [0.15, 0.2) is 70.5 Å². The number of carbonyl (C=O) groups excluding carboxylic acids is 1. The van der Waals surface area contributed by atoms with Crippen molar-refractivity contribution in [3.05, 3.63) is 71.1 Å². The van der Waals surface area contributed by atoms with Crippen molar-refractivity contribution < 1.29 is 17.9 Å². The molecule has 0 fully saturated rings. The van der Waals surface area contributed by atoms with Crippen LogP contribution in [0.25, 0.3) is 22.3 Å². The van der Waals surface area contributed by atoms with Crippen molar-refractivity contribution >= 4 is 15.8 Å². The first kappa shape index (κ1) is 19.5. The largest absolute Gasteiger partial charge is 0.468 e. The molecule has 0 atom stereocenters. The van der Waals surface area contributed by atoms with Gasteiger partial charge in [-0.25, -0.2) is 13.1 Å². The number of hydrogen-bond acceptors (Lipinski definition) is 6. The highest BCUT2D eigenvalue weighted by Crippen LogP contribution is 2.29. The van der Waals surface area contributed by atoms with Crippen LogP contribution in [0.2, 0.25) is 0 Å². The van der Waals surface area contributed by atoms with Crippen LogP contribution >= 0.6 is 0 Å². The highest BCUT2D eigenvalue weighted by Gasteiger charge is 2.17. The van der Waals surface area contributed by atoms with Crippen LogP contribution in [-0.4, -0.2) is 37.5 Å². The minimum atomic E-state index is -3.33. The quantitative estimate of drug-likeness (QED) is 0.611. The summed E-state index contributed by atoms with van der Waals surface area (Å²) in [4.78, 5) is 24.8. The number of hydrogen-bond donors (Lipinski definition) is 0. The van der Waals surface area contributed by atoms with Crippen molar-refractivity contribution in [2.45, 2.75) is 11.4 Å². The Hall–Kier alpha value is -3.26. The van der Waals surface area contributed by atoms with Gasteiger partial charge in [0, 0.05) is 11.8 Å². The Labute approximate surface area is 162 Å². The third-order valence-electron chi connectivity index (χ3n) is 4.21. The molecular formula is C20H18N2O5S. The van der Waals surface area contributed by atoms with E-state index in [2.05, 4.69) is 9.84 Å². The number of benzene rings is 2. The molecule has 144 valence electrons. The summed E-state index contributed by atoms with van der Waals surface area (Å²) < 4.78 is 29.0. The summed E-state index contributed by atoms with van der Waals surface area (Å²) in [6.45, 7) is -0.303. The van der Waals surface area contributed by atoms with Gasteiger partial charge in [-0.3, -0.25) is 9.59 Å². The molecule has 3 aromatic rings. The van der Waals surface area contributed by atoms with E-state index in [1.165, 1.54) is 25.4 Å². The van der Waals surface area contributed by atoms with Gasteiger partial charge in [-0.2, -0.15) is 5.10 Å². The van der Waals surface area contributed by atoms with Crippen LogP contribution in [0.5, 0.6) is 0 Å². The van der Waals surface area contributed by atoms with Crippen molar-refractivity contribution in [2.75, 3.05) is 13.4 Å². The van der Waals surface area contributed by atoms with Gasteiger partial charge in [0.1, 0.15) is 6.54 Å². The average Bonchev–Trinajstić information content (AvgIpc) is 2.69. The molecule has 0 amide bonds. The van der Waals surface area contributed by atoms with Gasteiger partial charge in [0.05, 0.1) is 23.8 Å². The molecule has 0 saturated carbocycles. The zero-order valence-corrected chi connectivity index (χ0v) is 16.1. The molecule has 0 aliphatic rings. The highest BCUT2D eigenvalue weighted by atomic mass is 32.2. The van der Waals surface area contributed by atoms with Crippen LogP contribution in [-0.2, 0) is 25.9 Å². The molecule has 0 N–H and O–H groups in total. The molecule has 0 bridgehead atoms.